The molecule has 1 atom stereocenters. The monoisotopic (exact) mass is 268 g/mol. The van der Waals surface area contributed by atoms with Gasteiger partial charge in [-0.05, 0) is 48.1 Å². The molecule has 0 amide bonds. The third-order valence-corrected chi connectivity index (χ3v) is 4.03. The fourth-order valence-electron chi connectivity index (χ4n) is 2.96. The molecule has 0 radical (unpaired) electrons. The van der Waals surface area contributed by atoms with E-state index in [-0.39, 0.29) is 6.61 Å². The van der Waals surface area contributed by atoms with Gasteiger partial charge in [-0.2, -0.15) is 0 Å². The SMILES string of the molecule is OCc1cccc(OCC2CCCc3ccccc32)c1. The molecule has 2 aromatic carbocycles. The normalized spacial score (nSPS) is 17.6. The highest BCUT2D eigenvalue weighted by Gasteiger charge is 2.20. The zero-order chi connectivity index (χ0) is 13.8. The second-order valence-electron chi connectivity index (χ2n) is 5.40. The van der Waals surface area contributed by atoms with Gasteiger partial charge in [-0.15, -0.1) is 0 Å². The molecular weight excluding hydrogens is 248 g/mol. The summed E-state index contributed by atoms with van der Waals surface area (Å²) in [4.78, 5) is 0. The van der Waals surface area contributed by atoms with Crippen LogP contribution in [0, 0.1) is 0 Å². The van der Waals surface area contributed by atoms with Crippen LogP contribution in [0.2, 0.25) is 0 Å². The van der Waals surface area contributed by atoms with E-state index in [0.717, 1.165) is 11.3 Å². The molecule has 2 nitrogen and oxygen atoms in total. The van der Waals surface area contributed by atoms with E-state index in [2.05, 4.69) is 24.3 Å². The summed E-state index contributed by atoms with van der Waals surface area (Å²) in [6, 6.07) is 16.4. The molecule has 0 fully saturated rings. The summed E-state index contributed by atoms with van der Waals surface area (Å²) in [5.41, 5.74) is 3.81. The standard InChI is InChI=1S/C18H20O2/c19-12-14-5-3-9-17(11-14)20-13-16-8-4-7-15-6-1-2-10-18(15)16/h1-3,5-6,9-11,16,19H,4,7-8,12-13H2. The van der Waals surface area contributed by atoms with Gasteiger partial charge in [0.2, 0.25) is 0 Å². The Bertz CT molecular complexity index is 577. The first kappa shape index (κ1) is 13.2. The Labute approximate surface area is 120 Å². The molecule has 0 bridgehead atoms. The first-order chi connectivity index (χ1) is 9.86. The fourth-order valence-corrected chi connectivity index (χ4v) is 2.96. The van der Waals surface area contributed by atoms with Crippen LogP contribution in [0.4, 0.5) is 0 Å². The number of fused-ring (bicyclic) bond motifs is 1. The highest BCUT2D eigenvalue weighted by atomic mass is 16.5. The smallest absolute Gasteiger partial charge is 0.119 e. The summed E-state index contributed by atoms with van der Waals surface area (Å²) >= 11 is 0. The lowest BCUT2D eigenvalue weighted by Gasteiger charge is -2.25. The molecule has 20 heavy (non-hydrogen) atoms. The van der Waals surface area contributed by atoms with E-state index in [1.54, 1.807) is 0 Å². The Morgan fingerprint density at radius 3 is 2.90 bits per heavy atom. The summed E-state index contributed by atoms with van der Waals surface area (Å²) in [6.07, 6.45) is 3.62. The van der Waals surface area contributed by atoms with Crippen LogP contribution in [0.3, 0.4) is 0 Å². The number of ether oxygens (including phenoxy) is 1. The van der Waals surface area contributed by atoms with E-state index in [1.165, 1.54) is 30.4 Å². The van der Waals surface area contributed by atoms with E-state index in [1.807, 2.05) is 24.3 Å². The lowest BCUT2D eigenvalue weighted by Crippen LogP contribution is -2.16. The third kappa shape index (κ3) is 2.86. The van der Waals surface area contributed by atoms with Crippen LogP contribution in [0.25, 0.3) is 0 Å². The van der Waals surface area contributed by atoms with Crippen LogP contribution in [-0.2, 0) is 13.0 Å². The van der Waals surface area contributed by atoms with Crippen LogP contribution in [0.1, 0.15) is 35.4 Å². The van der Waals surface area contributed by atoms with Gasteiger partial charge in [0.05, 0.1) is 13.2 Å². The Kier molecular flexibility index (Phi) is 4.03. The first-order valence-corrected chi connectivity index (χ1v) is 7.27. The quantitative estimate of drug-likeness (QED) is 0.916. The highest BCUT2D eigenvalue weighted by molar-refractivity contribution is 5.33. The molecule has 0 aromatic heterocycles. The molecule has 1 unspecified atom stereocenters. The van der Waals surface area contributed by atoms with Gasteiger partial charge in [0.15, 0.2) is 0 Å². The molecular formula is C18H20O2. The zero-order valence-corrected chi connectivity index (χ0v) is 11.6. The van der Waals surface area contributed by atoms with Crippen molar-refractivity contribution in [3.63, 3.8) is 0 Å². The molecule has 1 N–H and O–H groups in total. The van der Waals surface area contributed by atoms with E-state index in [4.69, 9.17) is 9.84 Å². The fraction of sp³-hybridized carbons (Fsp3) is 0.333. The maximum Gasteiger partial charge on any atom is 0.119 e. The van der Waals surface area contributed by atoms with E-state index in [9.17, 15) is 0 Å². The molecule has 1 aliphatic carbocycles. The third-order valence-electron chi connectivity index (χ3n) is 4.03. The predicted octanol–water partition coefficient (Wildman–Crippen LogP) is 3.68. The van der Waals surface area contributed by atoms with Crippen molar-refractivity contribution in [2.75, 3.05) is 6.61 Å². The van der Waals surface area contributed by atoms with Gasteiger partial charge in [-0.1, -0.05) is 36.4 Å². The maximum atomic E-state index is 9.15. The predicted molar refractivity (Wildman–Crippen MR) is 80.0 cm³/mol. The molecule has 0 saturated carbocycles. The number of aryl methyl sites for hydroxylation is 1. The summed E-state index contributed by atoms with van der Waals surface area (Å²) in [6.45, 7) is 0.773. The van der Waals surface area contributed by atoms with Crippen molar-refractivity contribution in [3.8, 4) is 5.75 Å². The van der Waals surface area contributed by atoms with E-state index >= 15 is 0 Å². The van der Waals surface area contributed by atoms with Gasteiger partial charge in [0.25, 0.3) is 0 Å². The topological polar surface area (TPSA) is 29.5 Å². The Balaban J connectivity index is 1.70. The van der Waals surface area contributed by atoms with Crippen LogP contribution in [0.15, 0.2) is 48.5 Å². The van der Waals surface area contributed by atoms with Crippen molar-refractivity contribution in [1.29, 1.82) is 0 Å². The lowest BCUT2D eigenvalue weighted by molar-refractivity contribution is 0.268. The molecule has 104 valence electrons. The Morgan fingerprint density at radius 2 is 2.00 bits per heavy atom. The highest BCUT2D eigenvalue weighted by Crippen LogP contribution is 2.32. The van der Waals surface area contributed by atoms with Crippen molar-refractivity contribution in [1.82, 2.24) is 0 Å². The molecule has 1 aliphatic rings. The van der Waals surface area contributed by atoms with Gasteiger partial charge in [-0.25, -0.2) is 0 Å². The second-order valence-corrected chi connectivity index (χ2v) is 5.40. The van der Waals surface area contributed by atoms with Crippen LogP contribution >= 0.6 is 0 Å². The second kappa shape index (κ2) is 6.10. The van der Waals surface area contributed by atoms with Gasteiger partial charge in [0, 0.05) is 5.92 Å². The van der Waals surface area contributed by atoms with Gasteiger partial charge < -0.3 is 9.84 Å². The summed E-state index contributed by atoms with van der Waals surface area (Å²) in [5, 5.41) is 9.15. The minimum Gasteiger partial charge on any atom is -0.493 e. The van der Waals surface area contributed by atoms with Crippen LogP contribution in [-0.4, -0.2) is 11.7 Å². The van der Waals surface area contributed by atoms with Gasteiger partial charge >= 0.3 is 0 Å². The number of aliphatic hydroxyl groups is 1. The average molecular weight is 268 g/mol. The Morgan fingerprint density at radius 1 is 1.10 bits per heavy atom. The molecule has 0 saturated heterocycles. The minimum atomic E-state index is 0.0590. The van der Waals surface area contributed by atoms with E-state index < -0.39 is 0 Å². The van der Waals surface area contributed by atoms with Gasteiger partial charge in [-0.3, -0.25) is 0 Å². The number of hydrogen-bond acceptors (Lipinski definition) is 2. The van der Waals surface area contributed by atoms with Gasteiger partial charge in [0.1, 0.15) is 5.75 Å². The maximum absolute atomic E-state index is 9.15. The number of rotatable bonds is 4. The number of benzene rings is 2. The molecule has 3 rings (SSSR count). The van der Waals surface area contributed by atoms with Crippen molar-refractivity contribution in [2.24, 2.45) is 0 Å². The van der Waals surface area contributed by atoms with Crippen molar-refractivity contribution in [2.45, 2.75) is 31.8 Å². The van der Waals surface area contributed by atoms with Crippen LogP contribution in [0.5, 0.6) is 5.75 Å². The zero-order valence-electron chi connectivity index (χ0n) is 11.6. The molecule has 0 heterocycles. The number of aliphatic hydroxyl groups excluding tert-OH is 1. The molecule has 2 heteroatoms. The van der Waals surface area contributed by atoms with E-state index in [0.29, 0.717) is 12.5 Å². The summed E-state index contributed by atoms with van der Waals surface area (Å²) in [7, 11) is 0. The Hall–Kier alpha value is -1.80. The molecule has 0 aliphatic heterocycles. The van der Waals surface area contributed by atoms with Crippen molar-refractivity contribution >= 4 is 0 Å². The minimum absolute atomic E-state index is 0.0590. The largest absolute Gasteiger partial charge is 0.493 e. The average Bonchev–Trinajstić information content (AvgIpc) is 2.53. The summed E-state index contributed by atoms with van der Waals surface area (Å²) < 4.78 is 5.93. The number of hydrogen-bond donors (Lipinski definition) is 1. The van der Waals surface area contributed by atoms with Crippen molar-refractivity contribution in [3.05, 3.63) is 65.2 Å². The van der Waals surface area contributed by atoms with Crippen LogP contribution < -0.4 is 4.74 Å². The molecule has 0 spiro atoms. The van der Waals surface area contributed by atoms with Crippen molar-refractivity contribution < 1.29 is 9.84 Å². The summed E-state index contributed by atoms with van der Waals surface area (Å²) in [5.74, 6) is 1.33. The molecule has 2 aromatic rings. The first-order valence-electron chi connectivity index (χ1n) is 7.27. The lowest BCUT2D eigenvalue weighted by atomic mass is 9.83.